The van der Waals surface area contributed by atoms with Gasteiger partial charge in [0.25, 0.3) is 0 Å². The van der Waals surface area contributed by atoms with Gasteiger partial charge in [-0.1, -0.05) is 23.2 Å². The molecular weight excluding hydrogens is 315 g/mol. The summed E-state index contributed by atoms with van der Waals surface area (Å²) in [7, 11) is 4.35. The Labute approximate surface area is 145 Å². The Bertz CT molecular complexity index is 488. The van der Waals surface area contributed by atoms with Crippen LogP contribution in [0.5, 0.6) is 0 Å². The molecule has 0 saturated heterocycles. The van der Waals surface area contributed by atoms with E-state index < -0.39 is 0 Å². The first-order valence-corrected chi connectivity index (χ1v) is 8.81. The molecule has 0 spiro atoms. The molecule has 0 aliphatic heterocycles. The molecule has 0 unspecified atom stereocenters. The van der Waals surface area contributed by atoms with Crippen molar-refractivity contribution in [2.75, 3.05) is 14.1 Å². The first-order valence-electron chi connectivity index (χ1n) is 8.06. The number of rotatable bonds is 3. The van der Waals surface area contributed by atoms with Crippen molar-refractivity contribution in [3.63, 3.8) is 0 Å². The quantitative estimate of drug-likeness (QED) is 0.836. The fourth-order valence-corrected chi connectivity index (χ4v) is 4.10. The Hall–Kier alpha value is -0.280. The van der Waals surface area contributed by atoms with Crippen LogP contribution in [0.3, 0.4) is 0 Å². The maximum Gasteiger partial charge on any atom is 0.0423 e. The standard InChI is InChI=1S/C18H28Cl2N2/c1-18(2,3)21-16-7-6-12(10-17(16)22(4)5)13-8-14(19)11-15(20)9-13/h8-9,11-12,16-17,21H,6-7,10H2,1-5H3/t12-,16-,17-/m0/s1. The van der Waals surface area contributed by atoms with Gasteiger partial charge in [-0.2, -0.15) is 0 Å². The monoisotopic (exact) mass is 342 g/mol. The maximum absolute atomic E-state index is 6.18. The minimum Gasteiger partial charge on any atom is -0.308 e. The molecule has 124 valence electrons. The molecule has 22 heavy (non-hydrogen) atoms. The fourth-order valence-electron chi connectivity index (χ4n) is 3.56. The van der Waals surface area contributed by atoms with E-state index in [1.807, 2.05) is 6.07 Å². The van der Waals surface area contributed by atoms with Gasteiger partial charge < -0.3 is 10.2 Å². The minimum absolute atomic E-state index is 0.144. The van der Waals surface area contributed by atoms with E-state index in [0.717, 1.165) is 16.5 Å². The molecule has 4 heteroatoms. The van der Waals surface area contributed by atoms with E-state index in [1.165, 1.54) is 18.4 Å². The van der Waals surface area contributed by atoms with Crippen molar-refractivity contribution in [1.29, 1.82) is 0 Å². The van der Waals surface area contributed by atoms with Crippen molar-refractivity contribution in [2.24, 2.45) is 0 Å². The van der Waals surface area contributed by atoms with E-state index in [-0.39, 0.29) is 5.54 Å². The van der Waals surface area contributed by atoms with Crippen molar-refractivity contribution < 1.29 is 0 Å². The van der Waals surface area contributed by atoms with E-state index >= 15 is 0 Å². The normalized spacial score (nSPS) is 26.5. The summed E-state index contributed by atoms with van der Waals surface area (Å²) in [5.41, 5.74) is 1.42. The average Bonchev–Trinajstić information content (AvgIpc) is 2.35. The zero-order chi connectivity index (χ0) is 16.5. The smallest absolute Gasteiger partial charge is 0.0423 e. The van der Waals surface area contributed by atoms with Crippen LogP contribution in [0.25, 0.3) is 0 Å². The first-order chi connectivity index (χ1) is 10.2. The molecule has 0 amide bonds. The molecule has 2 nitrogen and oxygen atoms in total. The summed E-state index contributed by atoms with van der Waals surface area (Å²) >= 11 is 12.4. The molecule has 0 aromatic heterocycles. The molecular formula is C18H28Cl2N2. The highest BCUT2D eigenvalue weighted by Crippen LogP contribution is 2.37. The van der Waals surface area contributed by atoms with Crippen LogP contribution in [0.4, 0.5) is 0 Å². The van der Waals surface area contributed by atoms with Gasteiger partial charge in [-0.15, -0.1) is 0 Å². The second kappa shape index (κ2) is 7.09. The number of likely N-dealkylation sites (N-methyl/N-ethyl adjacent to an activating group) is 1. The highest BCUT2D eigenvalue weighted by atomic mass is 35.5. The summed E-state index contributed by atoms with van der Waals surface area (Å²) in [6, 6.07) is 7.00. The largest absolute Gasteiger partial charge is 0.308 e. The van der Waals surface area contributed by atoms with Crippen LogP contribution in [-0.2, 0) is 0 Å². The summed E-state index contributed by atoms with van der Waals surface area (Å²) in [6.45, 7) is 6.72. The van der Waals surface area contributed by atoms with Crippen LogP contribution in [0, 0.1) is 0 Å². The molecule has 1 aromatic rings. The van der Waals surface area contributed by atoms with Crippen molar-refractivity contribution in [1.82, 2.24) is 10.2 Å². The van der Waals surface area contributed by atoms with Crippen molar-refractivity contribution in [3.05, 3.63) is 33.8 Å². The van der Waals surface area contributed by atoms with E-state index in [4.69, 9.17) is 23.2 Å². The Kier molecular flexibility index (Phi) is 5.82. The molecule has 0 bridgehead atoms. The molecule has 0 heterocycles. The summed E-state index contributed by atoms with van der Waals surface area (Å²) in [5.74, 6) is 0.529. The molecule has 1 saturated carbocycles. The lowest BCUT2D eigenvalue weighted by Gasteiger charge is -2.43. The predicted octanol–water partition coefficient (Wildman–Crippen LogP) is 4.95. The molecule has 3 atom stereocenters. The van der Waals surface area contributed by atoms with Crippen LogP contribution in [0.15, 0.2) is 18.2 Å². The van der Waals surface area contributed by atoms with Gasteiger partial charge in [0.15, 0.2) is 0 Å². The van der Waals surface area contributed by atoms with Crippen molar-refractivity contribution in [2.45, 2.75) is 63.6 Å². The van der Waals surface area contributed by atoms with Gasteiger partial charge in [-0.05, 0) is 83.8 Å². The number of nitrogens with zero attached hydrogens (tertiary/aromatic N) is 1. The molecule has 1 aliphatic rings. The number of hydrogen-bond donors (Lipinski definition) is 1. The molecule has 1 N–H and O–H groups in total. The second-order valence-electron chi connectivity index (χ2n) is 7.74. The van der Waals surface area contributed by atoms with Crippen molar-refractivity contribution >= 4 is 23.2 Å². The van der Waals surface area contributed by atoms with Crippen LogP contribution >= 0.6 is 23.2 Å². The lowest BCUT2D eigenvalue weighted by Crippen LogP contribution is -2.55. The number of benzene rings is 1. The van der Waals surface area contributed by atoms with E-state index in [1.54, 1.807) is 0 Å². The Morgan fingerprint density at radius 2 is 1.64 bits per heavy atom. The minimum atomic E-state index is 0.144. The van der Waals surface area contributed by atoms with Gasteiger partial charge in [0, 0.05) is 27.7 Å². The molecule has 1 fully saturated rings. The maximum atomic E-state index is 6.18. The van der Waals surface area contributed by atoms with Gasteiger partial charge in [0.05, 0.1) is 0 Å². The predicted molar refractivity (Wildman–Crippen MR) is 97.2 cm³/mol. The molecule has 2 rings (SSSR count). The van der Waals surface area contributed by atoms with Gasteiger partial charge in [0.2, 0.25) is 0 Å². The van der Waals surface area contributed by atoms with Gasteiger partial charge in [-0.25, -0.2) is 0 Å². The molecule has 1 aromatic carbocycles. The Morgan fingerprint density at radius 1 is 1.05 bits per heavy atom. The lowest BCUT2D eigenvalue weighted by molar-refractivity contribution is 0.143. The average molecular weight is 343 g/mol. The van der Waals surface area contributed by atoms with Gasteiger partial charge >= 0.3 is 0 Å². The SMILES string of the molecule is CN(C)[C@H]1C[C@@H](c2cc(Cl)cc(Cl)c2)CC[C@@H]1NC(C)(C)C. The number of halogens is 2. The van der Waals surface area contributed by atoms with E-state index in [2.05, 4.69) is 57.2 Å². The summed E-state index contributed by atoms with van der Waals surface area (Å²) < 4.78 is 0. The summed E-state index contributed by atoms with van der Waals surface area (Å²) in [4.78, 5) is 2.35. The third-order valence-electron chi connectivity index (χ3n) is 4.45. The highest BCUT2D eigenvalue weighted by molar-refractivity contribution is 6.34. The Morgan fingerprint density at radius 3 is 2.14 bits per heavy atom. The van der Waals surface area contributed by atoms with E-state index in [0.29, 0.717) is 18.0 Å². The number of hydrogen-bond acceptors (Lipinski definition) is 2. The zero-order valence-electron chi connectivity index (χ0n) is 14.3. The highest BCUT2D eigenvalue weighted by Gasteiger charge is 2.34. The second-order valence-corrected chi connectivity index (χ2v) is 8.62. The zero-order valence-corrected chi connectivity index (χ0v) is 15.8. The lowest BCUT2D eigenvalue weighted by atomic mass is 9.77. The van der Waals surface area contributed by atoms with E-state index in [9.17, 15) is 0 Å². The van der Waals surface area contributed by atoms with Crippen LogP contribution < -0.4 is 5.32 Å². The van der Waals surface area contributed by atoms with Crippen LogP contribution in [0.2, 0.25) is 10.0 Å². The topological polar surface area (TPSA) is 15.3 Å². The van der Waals surface area contributed by atoms with Crippen LogP contribution in [-0.4, -0.2) is 36.6 Å². The summed E-state index contributed by atoms with van der Waals surface area (Å²) in [5, 5.41) is 5.26. The third-order valence-corrected chi connectivity index (χ3v) is 4.89. The molecule has 1 aliphatic carbocycles. The van der Waals surface area contributed by atoms with Crippen LogP contribution in [0.1, 0.15) is 51.5 Å². The van der Waals surface area contributed by atoms with Gasteiger partial charge in [-0.3, -0.25) is 0 Å². The first kappa shape index (κ1) is 18.1. The summed E-state index contributed by atoms with van der Waals surface area (Å²) in [6.07, 6.45) is 3.49. The third kappa shape index (κ3) is 4.86. The molecule has 0 radical (unpaired) electrons. The Balaban J connectivity index is 2.16. The fraction of sp³-hybridized carbons (Fsp3) is 0.667. The van der Waals surface area contributed by atoms with Gasteiger partial charge in [0.1, 0.15) is 0 Å². The van der Waals surface area contributed by atoms with Crippen molar-refractivity contribution in [3.8, 4) is 0 Å². The number of nitrogens with one attached hydrogen (secondary N) is 1.